The molecule has 1 aromatic carbocycles. The molecule has 0 spiro atoms. The van der Waals surface area contributed by atoms with Crippen LogP contribution in [0.1, 0.15) is 31.1 Å². The second-order valence-corrected chi connectivity index (χ2v) is 8.42. The van der Waals surface area contributed by atoms with Gasteiger partial charge in [-0.3, -0.25) is 4.79 Å². The molecule has 1 atom stereocenters. The molecule has 1 fully saturated rings. The van der Waals surface area contributed by atoms with E-state index in [-0.39, 0.29) is 16.8 Å². The van der Waals surface area contributed by atoms with Crippen LogP contribution in [-0.2, 0) is 14.8 Å². The van der Waals surface area contributed by atoms with Gasteiger partial charge in [-0.1, -0.05) is 13.8 Å². The fourth-order valence-corrected chi connectivity index (χ4v) is 4.50. The Labute approximate surface area is 161 Å². The van der Waals surface area contributed by atoms with E-state index in [9.17, 15) is 13.2 Å². The highest BCUT2D eigenvalue weighted by Crippen LogP contribution is 2.27. The number of rotatable bonds is 8. The number of hydrogen-bond acceptors (Lipinski definition) is 6. The minimum Gasteiger partial charge on any atom is -0.378 e. The quantitative estimate of drug-likeness (QED) is 0.666. The third kappa shape index (κ3) is 4.98. The van der Waals surface area contributed by atoms with Gasteiger partial charge in [0.15, 0.2) is 0 Å². The second kappa shape index (κ2) is 9.50. The first-order valence-corrected chi connectivity index (χ1v) is 10.8. The fraction of sp³-hybridized carbons (Fsp3) is 0.611. The zero-order valence-corrected chi connectivity index (χ0v) is 17.1. The Hall–Kier alpha value is -1.68. The molecule has 0 bridgehead atoms. The first kappa shape index (κ1) is 21.6. The maximum absolute atomic E-state index is 12.9. The number of anilines is 1. The zero-order chi connectivity index (χ0) is 20.0. The highest BCUT2D eigenvalue weighted by Gasteiger charge is 2.26. The largest absolute Gasteiger partial charge is 0.378 e. The van der Waals surface area contributed by atoms with Crippen LogP contribution in [-0.4, -0.2) is 70.6 Å². The number of amides is 1. The summed E-state index contributed by atoms with van der Waals surface area (Å²) in [5.74, 6) is -0.328. The molecule has 2 rings (SSSR count). The molecule has 0 aliphatic carbocycles. The molecule has 0 saturated carbocycles. The third-order valence-corrected chi connectivity index (χ3v) is 6.68. The Morgan fingerprint density at radius 3 is 2.48 bits per heavy atom. The van der Waals surface area contributed by atoms with E-state index in [1.54, 1.807) is 26.0 Å². The number of carbonyl (C=O) groups excluding carboxylic acids is 1. The molecule has 152 valence electrons. The Kier molecular flexibility index (Phi) is 7.60. The molecular weight excluding hydrogens is 368 g/mol. The molecule has 1 heterocycles. The number of sulfonamides is 1. The number of benzene rings is 1. The normalized spacial score (nSPS) is 16.4. The molecule has 1 aliphatic heterocycles. The summed E-state index contributed by atoms with van der Waals surface area (Å²) in [6.45, 7) is 8.87. The van der Waals surface area contributed by atoms with Crippen molar-refractivity contribution in [2.75, 3.05) is 50.8 Å². The van der Waals surface area contributed by atoms with Gasteiger partial charge >= 0.3 is 0 Å². The molecule has 0 aromatic heterocycles. The molecule has 0 radical (unpaired) electrons. The molecule has 9 heteroatoms. The van der Waals surface area contributed by atoms with Gasteiger partial charge in [0.05, 0.1) is 23.7 Å². The van der Waals surface area contributed by atoms with Crippen LogP contribution in [0.15, 0.2) is 23.1 Å². The first-order chi connectivity index (χ1) is 12.8. The van der Waals surface area contributed by atoms with Crippen molar-refractivity contribution in [3.05, 3.63) is 23.8 Å². The van der Waals surface area contributed by atoms with E-state index in [2.05, 4.69) is 5.32 Å². The number of ether oxygens (including phenoxy) is 1. The molecule has 8 nitrogen and oxygen atoms in total. The predicted molar refractivity (Wildman–Crippen MR) is 106 cm³/mol. The molecule has 1 amide bonds. The van der Waals surface area contributed by atoms with E-state index < -0.39 is 10.0 Å². The smallest absolute Gasteiger partial charge is 0.253 e. The number of morpholine rings is 1. The Morgan fingerprint density at radius 1 is 1.30 bits per heavy atom. The number of nitrogens with zero attached hydrogens (tertiary/aromatic N) is 2. The highest BCUT2D eigenvalue weighted by atomic mass is 32.2. The van der Waals surface area contributed by atoms with Crippen molar-refractivity contribution in [2.45, 2.75) is 31.7 Å². The van der Waals surface area contributed by atoms with E-state index in [4.69, 9.17) is 10.5 Å². The van der Waals surface area contributed by atoms with Gasteiger partial charge in [0.2, 0.25) is 10.0 Å². The van der Waals surface area contributed by atoms with Crippen LogP contribution < -0.4 is 16.0 Å². The highest BCUT2D eigenvalue weighted by molar-refractivity contribution is 7.89. The Balaban J connectivity index is 2.48. The molecule has 1 saturated heterocycles. The lowest BCUT2D eigenvalue weighted by atomic mass is 10.1. The van der Waals surface area contributed by atoms with Crippen LogP contribution in [0.25, 0.3) is 0 Å². The van der Waals surface area contributed by atoms with Crippen LogP contribution >= 0.6 is 0 Å². The minimum absolute atomic E-state index is 0.119. The summed E-state index contributed by atoms with van der Waals surface area (Å²) in [6, 6.07) is 4.54. The lowest BCUT2D eigenvalue weighted by Crippen LogP contribution is -2.41. The lowest BCUT2D eigenvalue weighted by Gasteiger charge is -2.31. The van der Waals surface area contributed by atoms with Gasteiger partial charge < -0.3 is 20.7 Å². The van der Waals surface area contributed by atoms with E-state index >= 15 is 0 Å². The molecule has 1 aromatic rings. The summed E-state index contributed by atoms with van der Waals surface area (Å²) >= 11 is 0. The summed E-state index contributed by atoms with van der Waals surface area (Å²) in [6.07, 6.45) is 0. The van der Waals surface area contributed by atoms with Crippen molar-refractivity contribution < 1.29 is 17.9 Å². The minimum atomic E-state index is -3.65. The summed E-state index contributed by atoms with van der Waals surface area (Å²) in [4.78, 5) is 15.0. The van der Waals surface area contributed by atoms with Gasteiger partial charge in [-0.15, -0.1) is 0 Å². The van der Waals surface area contributed by atoms with Crippen LogP contribution in [0.5, 0.6) is 0 Å². The monoisotopic (exact) mass is 398 g/mol. The topological polar surface area (TPSA) is 105 Å². The fourth-order valence-electron chi connectivity index (χ4n) is 3.01. The number of nitrogens with one attached hydrogen (secondary N) is 1. The molecule has 1 aliphatic rings. The molecule has 27 heavy (non-hydrogen) atoms. The van der Waals surface area contributed by atoms with Crippen LogP contribution in [0.2, 0.25) is 0 Å². The summed E-state index contributed by atoms with van der Waals surface area (Å²) in [5, 5.41) is 2.83. The van der Waals surface area contributed by atoms with Crippen molar-refractivity contribution >= 4 is 21.6 Å². The summed E-state index contributed by atoms with van der Waals surface area (Å²) in [5.41, 5.74) is 6.66. The van der Waals surface area contributed by atoms with E-state index in [0.29, 0.717) is 57.2 Å². The second-order valence-electron chi connectivity index (χ2n) is 6.48. The SMILES string of the molecule is CCN(CC)S(=O)(=O)c1ccc(N2CCOCC2)c(C(=O)N[C@@H](C)CN)c1. The Bertz CT molecular complexity index is 744. The van der Waals surface area contributed by atoms with Crippen LogP contribution in [0.4, 0.5) is 5.69 Å². The van der Waals surface area contributed by atoms with Crippen LogP contribution in [0, 0.1) is 0 Å². The van der Waals surface area contributed by atoms with Crippen molar-refractivity contribution in [3.63, 3.8) is 0 Å². The van der Waals surface area contributed by atoms with Crippen LogP contribution in [0.3, 0.4) is 0 Å². The van der Waals surface area contributed by atoms with Gasteiger partial charge in [0, 0.05) is 44.5 Å². The summed E-state index contributed by atoms with van der Waals surface area (Å²) in [7, 11) is -3.65. The predicted octanol–water partition coefficient (Wildman–Crippen LogP) is 0.631. The van der Waals surface area contributed by atoms with Crippen molar-refractivity contribution in [1.82, 2.24) is 9.62 Å². The number of nitrogens with two attached hydrogens (primary N) is 1. The first-order valence-electron chi connectivity index (χ1n) is 9.32. The van der Waals surface area contributed by atoms with E-state index in [1.165, 1.54) is 10.4 Å². The number of carbonyl (C=O) groups is 1. The zero-order valence-electron chi connectivity index (χ0n) is 16.3. The van der Waals surface area contributed by atoms with Gasteiger partial charge in [-0.05, 0) is 25.1 Å². The summed E-state index contributed by atoms with van der Waals surface area (Å²) < 4.78 is 32.5. The lowest BCUT2D eigenvalue weighted by molar-refractivity contribution is 0.0939. The van der Waals surface area contributed by atoms with Crippen molar-refractivity contribution in [1.29, 1.82) is 0 Å². The maximum Gasteiger partial charge on any atom is 0.253 e. The molecule has 3 N–H and O–H groups in total. The molecule has 0 unspecified atom stereocenters. The molecular formula is C18H30N4O4S. The van der Waals surface area contributed by atoms with Crippen molar-refractivity contribution in [2.24, 2.45) is 5.73 Å². The van der Waals surface area contributed by atoms with E-state index in [0.717, 1.165) is 0 Å². The standard InChI is InChI=1S/C18H30N4O4S/c1-4-22(5-2)27(24,25)15-6-7-17(21-8-10-26-11-9-21)16(12-15)18(23)20-14(3)13-19/h6-7,12,14H,4-5,8-11,13,19H2,1-3H3,(H,20,23)/t14-/m0/s1. The Morgan fingerprint density at radius 2 is 1.93 bits per heavy atom. The third-order valence-electron chi connectivity index (χ3n) is 4.64. The van der Waals surface area contributed by atoms with Gasteiger partial charge in [0.25, 0.3) is 5.91 Å². The van der Waals surface area contributed by atoms with Gasteiger partial charge in [-0.2, -0.15) is 4.31 Å². The average Bonchev–Trinajstić information content (AvgIpc) is 2.68. The number of hydrogen-bond donors (Lipinski definition) is 2. The van der Waals surface area contributed by atoms with Crippen molar-refractivity contribution in [3.8, 4) is 0 Å². The maximum atomic E-state index is 12.9. The average molecular weight is 399 g/mol. The van der Waals surface area contributed by atoms with E-state index in [1.807, 2.05) is 11.8 Å². The van der Waals surface area contributed by atoms with Gasteiger partial charge in [-0.25, -0.2) is 8.42 Å². The van der Waals surface area contributed by atoms with Gasteiger partial charge in [0.1, 0.15) is 0 Å².